The van der Waals surface area contributed by atoms with E-state index in [2.05, 4.69) is 19.1 Å². The maximum absolute atomic E-state index is 13.0. The second kappa shape index (κ2) is 4.67. The van der Waals surface area contributed by atoms with Gasteiger partial charge in [-0.1, -0.05) is 48.9 Å². The molecule has 0 radical (unpaired) electrons. The lowest BCUT2D eigenvalue weighted by atomic mass is 10.0. The molecule has 0 saturated heterocycles. The Hall–Kier alpha value is -1.34. The molecule has 0 atom stereocenters. The molecule has 0 aliphatic heterocycles. The molecule has 0 saturated carbocycles. The zero-order valence-electron chi connectivity index (χ0n) is 9.00. The highest BCUT2D eigenvalue weighted by molar-refractivity contribution is 6.31. The van der Waals surface area contributed by atoms with E-state index >= 15 is 0 Å². The van der Waals surface area contributed by atoms with Gasteiger partial charge in [0.05, 0.1) is 5.02 Å². The third-order valence-electron chi connectivity index (χ3n) is 2.62. The summed E-state index contributed by atoms with van der Waals surface area (Å²) in [5, 5.41) is 0.164. The predicted octanol–water partition coefficient (Wildman–Crippen LogP) is 4.71. The third-order valence-corrected chi connectivity index (χ3v) is 2.90. The van der Waals surface area contributed by atoms with Gasteiger partial charge in [0.15, 0.2) is 0 Å². The van der Waals surface area contributed by atoms with Gasteiger partial charge in [-0.15, -0.1) is 0 Å². The summed E-state index contributed by atoms with van der Waals surface area (Å²) in [5.74, 6) is -0.379. The molecule has 2 aromatic rings. The Kier molecular flexibility index (Phi) is 3.25. The van der Waals surface area contributed by atoms with Crippen LogP contribution in [0.15, 0.2) is 42.5 Å². The summed E-state index contributed by atoms with van der Waals surface area (Å²) in [6.45, 7) is 2.11. The van der Waals surface area contributed by atoms with E-state index in [1.807, 2.05) is 12.1 Å². The minimum atomic E-state index is -0.379. The molecule has 0 N–H and O–H groups in total. The largest absolute Gasteiger partial charge is 0.205 e. The summed E-state index contributed by atoms with van der Waals surface area (Å²) in [5.41, 5.74) is 3.28. The Labute approximate surface area is 99.7 Å². The van der Waals surface area contributed by atoms with Crippen molar-refractivity contribution in [1.29, 1.82) is 0 Å². The molecule has 0 nitrogen and oxygen atoms in total. The minimum Gasteiger partial charge on any atom is -0.205 e. The Bertz CT molecular complexity index is 489. The fraction of sp³-hybridized carbons (Fsp3) is 0.143. The van der Waals surface area contributed by atoms with Crippen molar-refractivity contribution in [2.24, 2.45) is 0 Å². The second-order valence-electron chi connectivity index (χ2n) is 3.68. The standard InChI is InChI=1S/C14H12ClF/c1-2-10-3-5-11(6-4-10)12-7-8-14(16)13(15)9-12/h3-9H,2H2,1H3. The minimum absolute atomic E-state index is 0.164. The molecule has 0 amide bonds. The molecule has 2 rings (SSSR count). The molecule has 0 spiro atoms. The molecular formula is C14H12ClF. The van der Waals surface area contributed by atoms with Crippen molar-refractivity contribution in [3.05, 3.63) is 58.9 Å². The molecule has 82 valence electrons. The first kappa shape index (κ1) is 11.2. The van der Waals surface area contributed by atoms with Crippen LogP contribution in [0.1, 0.15) is 12.5 Å². The van der Waals surface area contributed by atoms with Crippen molar-refractivity contribution in [1.82, 2.24) is 0 Å². The Balaban J connectivity index is 2.38. The number of benzene rings is 2. The quantitative estimate of drug-likeness (QED) is 0.706. The molecule has 0 unspecified atom stereocenters. The van der Waals surface area contributed by atoms with E-state index in [0.717, 1.165) is 17.5 Å². The fourth-order valence-corrected chi connectivity index (χ4v) is 1.79. The van der Waals surface area contributed by atoms with Gasteiger partial charge in [0, 0.05) is 0 Å². The summed E-state index contributed by atoms with van der Waals surface area (Å²) in [6, 6.07) is 13.0. The molecule has 16 heavy (non-hydrogen) atoms. The Morgan fingerprint density at radius 3 is 2.19 bits per heavy atom. The second-order valence-corrected chi connectivity index (χ2v) is 4.09. The van der Waals surface area contributed by atoms with E-state index in [9.17, 15) is 4.39 Å². The SMILES string of the molecule is CCc1ccc(-c2ccc(F)c(Cl)c2)cc1. The normalized spacial score (nSPS) is 10.4. The van der Waals surface area contributed by atoms with Gasteiger partial charge < -0.3 is 0 Å². The zero-order chi connectivity index (χ0) is 11.5. The molecule has 2 aromatic carbocycles. The summed E-state index contributed by atoms with van der Waals surface area (Å²) in [4.78, 5) is 0. The number of rotatable bonds is 2. The lowest BCUT2D eigenvalue weighted by Gasteiger charge is -2.04. The van der Waals surface area contributed by atoms with Crippen molar-refractivity contribution in [3.8, 4) is 11.1 Å². The van der Waals surface area contributed by atoms with Crippen LogP contribution in [0.25, 0.3) is 11.1 Å². The molecule has 0 aliphatic carbocycles. The van der Waals surface area contributed by atoms with Crippen LogP contribution in [0.3, 0.4) is 0 Å². The molecule has 0 aliphatic rings. The Morgan fingerprint density at radius 1 is 1.00 bits per heavy atom. The highest BCUT2D eigenvalue weighted by atomic mass is 35.5. The fourth-order valence-electron chi connectivity index (χ4n) is 1.61. The van der Waals surface area contributed by atoms with Gasteiger partial charge in [-0.25, -0.2) is 4.39 Å². The van der Waals surface area contributed by atoms with E-state index < -0.39 is 0 Å². The average molecular weight is 235 g/mol. The lowest BCUT2D eigenvalue weighted by molar-refractivity contribution is 0.628. The maximum Gasteiger partial charge on any atom is 0.141 e. The van der Waals surface area contributed by atoms with Crippen LogP contribution in [0, 0.1) is 5.82 Å². The van der Waals surface area contributed by atoms with Gasteiger partial charge in [0.25, 0.3) is 0 Å². The summed E-state index contributed by atoms with van der Waals surface area (Å²) in [7, 11) is 0. The van der Waals surface area contributed by atoms with Crippen molar-refractivity contribution in [2.75, 3.05) is 0 Å². The Morgan fingerprint density at radius 2 is 1.62 bits per heavy atom. The predicted molar refractivity (Wildman–Crippen MR) is 66.2 cm³/mol. The molecule has 0 heterocycles. The molecule has 0 bridgehead atoms. The zero-order valence-corrected chi connectivity index (χ0v) is 9.76. The van der Waals surface area contributed by atoms with Crippen LogP contribution < -0.4 is 0 Å². The van der Waals surface area contributed by atoms with E-state index in [0.29, 0.717) is 0 Å². The average Bonchev–Trinajstić information content (AvgIpc) is 2.33. The lowest BCUT2D eigenvalue weighted by Crippen LogP contribution is -1.83. The van der Waals surface area contributed by atoms with Crippen LogP contribution >= 0.6 is 11.6 Å². The highest BCUT2D eigenvalue weighted by Gasteiger charge is 2.02. The monoisotopic (exact) mass is 234 g/mol. The van der Waals surface area contributed by atoms with E-state index in [4.69, 9.17) is 11.6 Å². The summed E-state index contributed by atoms with van der Waals surface area (Å²) in [6.07, 6.45) is 1.02. The van der Waals surface area contributed by atoms with E-state index in [1.54, 1.807) is 12.1 Å². The first-order chi connectivity index (χ1) is 7.70. The van der Waals surface area contributed by atoms with Crippen molar-refractivity contribution in [2.45, 2.75) is 13.3 Å². The third kappa shape index (κ3) is 2.25. The summed E-state index contributed by atoms with van der Waals surface area (Å²) >= 11 is 5.75. The molecule has 2 heteroatoms. The van der Waals surface area contributed by atoms with Crippen LogP contribution in [-0.2, 0) is 6.42 Å². The van der Waals surface area contributed by atoms with Crippen LogP contribution in [0.5, 0.6) is 0 Å². The summed E-state index contributed by atoms with van der Waals surface area (Å²) < 4.78 is 13.0. The van der Waals surface area contributed by atoms with Crippen LogP contribution in [0.4, 0.5) is 4.39 Å². The maximum atomic E-state index is 13.0. The topological polar surface area (TPSA) is 0 Å². The first-order valence-electron chi connectivity index (χ1n) is 5.25. The van der Waals surface area contributed by atoms with E-state index in [-0.39, 0.29) is 10.8 Å². The highest BCUT2D eigenvalue weighted by Crippen LogP contribution is 2.25. The molecule has 0 aromatic heterocycles. The number of hydrogen-bond acceptors (Lipinski definition) is 0. The van der Waals surface area contributed by atoms with Crippen molar-refractivity contribution < 1.29 is 4.39 Å². The van der Waals surface area contributed by atoms with Gasteiger partial charge in [-0.3, -0.25) is 0 Å². The molecule has 0 fully saturated rings. The van der Waals surface area contributed by atoms with Crippen molar-refractivity contribution >= 4 is 11.6 Å². The van der Waals surface area contributed by atoms with Crippen LogP contribution in [-0.4, -0.2) is 0 Å². The van der Waals surface area contributed by atoms with Crippen LogP contribution in [0.2, 0.25) is 5.02 Å². The van der Waals surface area contributed by atoms with Gasteiger partial charge in [0.1, 0.15) is 5.82 Å². The van der Waals surface area contributed by atoms with E-state index in [1.165, 1.54) is 11.6 Å². The van der Waals surface area contributed by atoms with Gasteiger partial charge in [0.2, 0.25) is 0 Å². The number of halogens is 2. The first-order valence-corrected chi connectivity index (χ1v) is 5.63. The van der Waals surface area contributed by atoms with Gasteiger partial charge in [-0.05, 0) is 35.2 Å². The smallest absolute Gasteiger partial charge is 0.141 e. The molecular weight excluding hydrogens is 223 g/mol. The number of hydrogen-bond donors (Lipinski definition) is 0. The van der Waals surface area contributed by atoms with Crippen molar-refractivity contribution in [3.63, 3.8) is 0 Å². The van der Waals surface area contributed by atoms with Gasteiger partial charge >= 0.3 is 0 Å². The van der Waals surface area contributed by atoms with Gasteiger partial charge in [-0.2, -0.15) is 0 Å². The number of aryl methyl sites for hydroxylation is 1.